The van der Waals surface area contributed by atoms with E-state index in [1.54, 1.807) is 26.0 Å². The molecule has 0 radical (unpaired) electrons. The van der Waals surface area contributed by atoms with Crippen LogP contribution >= 0.6 is 11.3 Å². The molecule has 32 heavy (non-hydrogen) atoms. The number of sulfonamides is 1. The van der Waals surface area contributed by atoms with Crippen molar-refractivity contribution < 1.29 is 13.2 Å². The molecular weight excluding hydrogens is 446 g/mol. The van der Waals surface area contributed by atoms with Gasteiger partial charge in [0, 0.05) is 38.3 Å². The summed E-state index contributed by atoms with van der Waals surface area (Å²) in [6.07, 6.45) is 3.84. The third kappa shape index (κ3) is 5.47. The molecule has 0 aliphatic carbocycles. The van der Waals surface area contributed by atoms with E-state index >= 15 is 0 Å². The van der Waals surface area contributed by atoms with Gasteiger partial charge in [0.25, 0.3) is 5.91 Å². The molecule has 1 aromatic heterocycles. The zero-order valence-electron chi connectivity index (χ0n) is 19.3. The van der Waals surface area contributed by atoms with Crippen LogP contribution in [0.1, 0.15) is 62.3 Å². The minimum absolute atomic E-state index is 0.129. The summed E-state index contributed by atoms with van der Waals surface area (Å²) in [5, 5.41) is 12.3. The van der Waals surface area contributed by atoms with Gasteiger partial charge in [-0.1, -0.05) is 39.0 Å². The van der Waals surface area contributed by atoms with E-state index in [1.165, 1.54) is 21.7 Å². The summed E-state index contributed by atoms with van der Waals surface area (Å²) in [6, 6.07) is 4.89. The number of aromatic nitrogens is 2. The Bertz CT molecular complexity index is 1030. The number of hydrogen-bond acceptors (Lipinski definition) is 7. The van der Waals surface area contributed by atoms with Crippen molar-refractivity contribution in [3.63, 3.8) is 0 Å². The number of rotatable bonds is 9. The Morgan fingerprint density at radius 3 is 2.50 bits per heavy atom. The molecule has 1 aromatic carbocycles. The van der Waals surface area contributed by atoms with Crippen LogP contribution in [0.25, 0.3) is 0 Å². The Hall–Kier alpha value is -2.04. The average Bonchev–Trinajstić information content (AvgIpc) is 3.21. The number of anilines is 2. The lowest BCUT2D eigenvalue weighted by atomic mass is 9.98. The molecule has 0 atom stereocenters. The maximum absolute atomic E-state index is 13.3. The van der Waals surface area contributed by atoms with Gasteiger partial charge in [-0.3, -0.25) is 10.1 Å². The molecular formula is C22H33N5O3S2. The zero-order valence-corrected chi connectivity index (χ0v) is 20.9. The standard InChI is InChI=1S/C22H33N5O3S2/c1-5-8-20-24-25-22(31-20)23-21(28)18-15-17(32(29,30)27(6-2)7-3)9-10-19(18)26-13-11-16(4)12-14-26/h9-10,15-16H,5-8,11-14H2,1-4H3,(H,23,25,28). The van der Waals surface area contributed by atoms with E-state index in [0.717, 1.165) is 49.5 Å². The van der Waals surface area contributed by atoms with Gasteiger partial charge >= 0.3 is 0 Å². The van der Waals surface area contributed by atoms with E-state index < -0.39 is 10.0 Å². The fraction of sp³-hybridized carbons (Fsp3) is 0.591. The summed E-state index contributed by atoms with van der Waals surface area (Å²) >= 11 is 1.35. The fourth-order valence-corrected chi connectivity index (χ4v) is 6.20. The summed E-state index contributed by atoms with van der Waals surface area (Å²) in [4.78, 5) is 15.6. The number of hydrogen-bond donors (Lipinski definition) is 1. The van der Waals surface area contributed by atoms with E-state index in [-0.39, 0.29) is 10.8 Å². The maximum atomic E-state index is 13.3. The second kappa shape index (κ2) is 10.7. The number of amides is 1. The molecule has 176 valence electrons. The van der Waals surface area contributed by atoms with Crippen LogP contribution in [0.15, 0.2) is 23.1 Å². The summed E-state index contributed by atoms with van der Waals surface area (Å²) < 4.78 is 27.6. The van der Waals surface area contributed by atoms with E-state index in [1.807, 2.05) is 0 Å². The van der Waals surface area contributed by atoms with Crippen molar-refractivity contribution in [2.45, 2.75) is 58.3 Å². The number of carbonyl (C=O) groups excluding carboxylic acids is 1. The SMILES string of the molecule is CCCc1nnc(NC(=O)c2cc(S(=O)(=O)N(CC)CC)ccc2N2CCC(C)CC2)s1. The van der Waals surface area contributed by atoms with Crippen molar-refractivity contribution in [1.29, 1.82) is 0 Å². The van der Waals surface area contributed by atoms with Gasteiger partial charge in [-0.2, -0.15) is 4.31 Å². The monoisotopic (exact) mass is 479 g/mol. The van der Waals surface area contributed by atoms with E-state index in [2.05, 4.69) is 34.3 Å². The Balaban J connectivity index is 1.97. The van der Waals surface area contributed by atoms with Gasteiger partial charge in [0.15, 0.2) is 0 Å². The lowest BCUT2D eigenvalue weighted by molar-refractivity contribution is 0.102. The summed E-state index contributed by atoms with van der Waals surface area (Å²) in [7, 11) is -3.68. The Morgan fingerprint density at radius 2 is 1.88 bits per heavy atom. The van der Waals surface area contributed by atoms with Crippen molar-refractivity contribution in [3.05, 3.63) is 28.8 Å². The smallest absolute Gasteiger partial charge is 0.259 e. The first kappa shape index (κ1) is 24.6. The quantitative estimate of drug-likeness (QED) is 0.584. The first-order valence-corrected chi connectivity index (χ1v) is 13.6. The van der Waals surface area contributed by atoms with Gasteiger partial charge in [-0.25, -0.2) is 8.42 Å². The molecule has 2 heterocycles. The Morgan fingerprint density at radius 1 is 1.19 bits per heavy atom. The van der Waals surface area contributed by atoms with Gasteiger partial charge in [0.1, 0.15) is 5.01 Å². The molecule has 3 rings (SSSR count). The molecule has 2 aromatic rings. The van der Waals surface area contributed by atoms with Crippen molar-refractivity contribution in [3.8, 4) is 0 Å². The third-order valence-electron chi connectivity index (χ3n) is 5.83. The highest BCUT2D eigenvalue weighted by molar-refractivity contribution is 7.89. The summed E-state index contributed by atoms with van der Waals surface area (Å²) in [6.45, 7) is 10.3. The molecule has 1 N–H and O–H groups in total. The third-order valence-corrected chi connectivity index (χ3v) is 8.78. The topological polar surface area (TPSA) is 95.5 Å². The van der Waals surface area contributed by atoms with Gasteiger partial charge in [0.05, 0.1) is 10.5 Å². The number of benzene rings is 1. The van der Waals surface area contributed by atoms with Gasteiger partial charge in [0.2, 0.25) is 15.2 Å². The molecule has 0 saturated carbocycles. The summed E-state index contributed by atoms with van der Waals surface area (Å²) in [5.41, 5.74) is 1.10. The van der Waals surface area contributed by atoms with Crippen molar-refractivity contribution in [2.75, 3.05) is 36.4 Å². The minimum atomic E-state index is -3.68. The van der Waals surface area contributed by atoms with Crippen LogP contribution in [0, 0.1) is 5.92 Å². The highest BCUT2D eigenvalue weighted by atomic mass is 32.2. The average molecular weight is 480 g/mol. The number of aryl methyl sites for hydroxylation is 1. The predicted octanol–water partition coefficient (Wildman–Crippen LogP) is 4.01. The molecule has 10 heteroatoms. The number of nitrogens with one attached hydrogen (secondary N) is 1. The normalized spacial score (nSPS) is 15.3. The van der Waals surface area contributed by atoms with Crippen LogP contribution in [-0.4, -0.2) is 55.0 Å². The highest BCUT2D eigenvalue weighted by Crippen LogP contribution is 2.30. The van der Waals surface area contributed by atoms with E-state index in [0.29, 0.717) is 29.7 Å². The van der Waals surface area contributed by atoms with Gasteiger partial charge in [-0.15, -0.1) is 10.2 Å². The van der Waals surface area contributed by atoms with Crippen LogP contribution in [0.2, 0.25) is 0 Å². The first-order valence-electron chi connectivity index (χ1n) is 11.3. The van der Waals surface area contributed by atoms with Crippen LogP contribution in [0.4, 0.5) is 10.8 Å². The van der Waals surface area contributed by atoms with Crippen LogP contribution < -0.4 is 10.2 Å². The fourth-order valence-electron chi connectivity index (χ4n) is 3.88. The lowest BCUT2D eigenvalue weighted by Gasteiger charge is -2.33. The molecule has 1 fully saturated rings. The van der Waals surface area contributed by atoms with Crippen molar-refractivity contribution in [1.82, 2.24) is 14.5 Å². The molecule has 0 unspecified atom stereocenters. The second-order valence-electron chi connectivity index (χ2n) is 8.14. The zero-order chi connectivity index (χ0) is 23.3. The number of nitrogens with zero attached hydrogens (tertiary/aromatic N) is 4. The number of carbonyl (C=O) groups is 1. The Labute approximate surface area is 195 Å². The predicted molar refractivity (Wildman–Crippen MR) is 129 cm³/mol. The van der Waals surface area contributed by atoms with Crippen molar-refractivity contribution in [2.24, 2.45) is 5.92 Å². The molecule has 1 aliphatic rings. The molecule has 1 amide bonds. The molecule has 1 saturated heterocycles. The molecule has 0 spiro atoms. The van der Waals surface area contributed by atoms with E-state index in [9.17, 15) is 13.2 Å². The first-order chi connectivity index (χ1) is 15.3. The Kier molecular flexibility index (Phi) is 8.24. The van der Waals surface area contributed by atoms with E-state index in [4.69, 9.17) is 0 Å². The highest BCUT2D eigenvalue weighted by Gasteiger charge is 2.27. The second-order valence-corrected chi connectivity index (χ2v) is 11.1. The minimum Gasteiger partial charge on any atom is -0.371 e. The van der Waals surface area contributed by atoms with Gasteiger partial charge < -0.3 is 4.90 Å². The van der Waals surface area contributed by atoms with Gasteiger partial charge in [-0.05, 0) is 43.4 Å². The maximum Gasteiger partial charge on any atom is 0.259 e. The molecule has 8 nitrogen and oxygen atoms in total. The number of piperidine rings is 1. The summed E-state index contributed by atoms with van der Waals surface area (Å²) in [5.74, 6) is 0.277. The molecule has 1 aliphatic heterocycles. The van der Waals surface area contributed by atoms with Crippen molar-refractivity contribution >= 4 is 38.1 Å². The van der Waals surface area contributed by atoms with Crippen LogP contribution in [-0.2, 0) is 16.4 Å². The largest absolute Gasteiger partial charge is 0.371 e. The van der Waals surface area contributed by atoms with Crippen LogP contribution in [0.3, 0.4) is 0 Å². The molecule has 0 bridgehead atoms. The van der Waals surface area contributed by atoms with Crippen LogP contribution in [0.5, 0.6) is 0 Å². The lowest BCUT2D eigenvalue weighted by Crippen LogP contribution is -2.35.